The summed E-state index contributed by atoms with van der Waals surface area (Å²) < 4.78 is 42.1. The van der Waals surface area contributed by atoms with Crippen molar-refractivity contribution in [3.05, 3.63) is 11.6 Å². The Morgan fingerprint density at radius 1 is 0.745 bits per heavy atom. The Bertz CT molecular complexity index is 1240. The van der Waals surface area contributed by atoms with Gasteiger partial charge in [-0.2, -0.15) is 0 Å². The van der Waals surface area contributed by atoms with Gasteiger partial charge in [-0.25, -0.2) is 0 Å². The maximum atomic E-state index is 12.7. The minimum Gasteiger partial charge on any atom is -0.469 e. The number of esters is 1. The highest BCUT2D eigenvalue weighted by Gasteiger charge is 2.59. The largest absolute Gasteiger partial charge is 0.469 e. The lowest BCUT2D eigenvalue weighted by molar-refractivity contribution is -0.336. The zero-order chi connectivity index (χ0) is 36.4. The third-order valence-electron chi connectivity index (χ3n) is 14.4. The third kappa shape index (κ3) is 7.09. The molecule has 0 unspecified atom stereocenters. The van der Waals surface area contributed by atoms with Crippen molar-refractivity contribution in [3.63, 3.8) is 0 Å². The molecule has 3 heterocycles. The predicted octanol–water partition coefficient (Wildman–Crippen LogP) is 3.74. The van der Waals surface area contributed by atoms with Gasteiger partial charge >= 0.3 is 5.97 Å². The number of aliphatic hydroxyl groups excluding tert-OH is 4. The Hall–Kier alpha value is -1.19. The fourth-order valence-corrected chi connectivity index (χ4v) is 11.5. The number of rotatable bonds is 7. The van der Waals surface area contributed by atoms with Crippen molar-refractivity contribution in [2.75, 3.05) is 7.11 Å². The topological polar surface area (TPSA) is 163 Å². The molecule has 3 aliphatic heterocycles. The summed E-state index contributed by atoms with van der Waals surface area (Å²) in [6, 6.07) is 0. The quantitative estimate of drug-likeness (QED) is 0.171. The van der Waals surface area contributed by atoms with Crippen molar-refractivity contribution in [1.29, 1.82) is 0 Å². The molecule has 12 nitrogen and oxygen atoms in total. The van der Waals surface area contributed by atoms with Gasteiger partial charge in [0.1, 0.15) is 18.3 Å². The van der Waals surface area contributed by atoms with Crippen LogP contribution < -0.4 is 0 Å². The SMILES string of the molecule is COC(=O)[C@H]1CC=C2[C@@H]3CC[C@@H]4C[C@@H](O[C@@H]5C[C@H](O)[C@H](O[C@@H]6C[C@H](O)[C@H](O[C@@H]7C[C@H](O)[C@H](O)[C@@H](C)O7)[C@@H](C)O6)[C@@H](C)O5)CC[C@]4(C)[C@H]3CC[C@@]21C. The molecule has 0 spiro atoms. The predicted molar refractivity (Wildman–Crippen MR) is 183 cm³/mol. The average Bonchev–Trinajstić information content (AvgIpc) is 3.44. The van der Waals surface area contributed by atoms with Crippen molar-refractivity contribution in [2.24, 2.45) is 34.5 Å². The van der Waals surface area contributed by atoms with Gasteiger partial charge < -0.3 is 53.6 Å². The van der Waals surface area contributed by atoms with Gasteiger partial charge in [0, 0.05) is 24.7 Å². The lowest BCUT2D eigenvalue weighted by Crippen LogP contribution is -2.56. The number of allylic oxidation sites excluding steroid dienone is 2. The molecule has 4 aliphatic carbocycles. The van der Waals surface area contributed by atoms with Gasteiger partial charge in [0.2, 0.25) is 0 Å². The number of hydrogen-bond donors (Lipinski definition) is 4. The molecule has 3 saturated carbocycles. The second-order valence-electron chi connectivity index (χ2n) is 17.4. The van der Waals surface area contributed by atoms with Crippen LogP contribution in [0.5, 0.6) is 0 Å². The van der Waals surface area contributed by atoms with Crippen LogP contribution >= 0.6 is 0 Å². The van der Waals surface area contributed by atoms with E-state index in [0.717, 1.165) is 51.4 Å². The van der Waals surface area contributed by atoms with Crippen molar-refractivity contribution in [2.45, 2.75) is 185 Å². The smallest absolute Gasteiger partial charge is 0.309 e. The maximum Gasteiger partial charge on any atom is 0.309 e. The van der Waals surface area contributed by atoms with E-state index in [4.69, 9.17) is 33.2 Å². The van der Waals surface area contributed by atoms with Gasteiger partial charge in [0.15, 0.2) is 18.9 Å². The molecule has 0 radical (unpaired) electrons. The van der Waals surface area contributed by atoms with Crippen molar-refractivity contribution < 1.29 is 58.4 Å². The molecule has 19 atom stereocenters. The molecule has 3 saturated heterocycles. The van der Waals surface area contributed by atoms with Crippen LogP contribution in [0.3, 0.4) is 0 Å². The minimum atomic E-state index is -0.989. The number of fused-ring (bicyclic) bond motifs is 5. The number of carbonyl (C=O) groups is 1. The summed E-state index contributed by atoms with van der Waals surface area (Å²) in [7, 11) is 1.51. The molecular weight excluding hydrogens is 660 g/mol. The van der Waals surface area contributed by atoms with Gasteiger partial charge in [-0.15, -0.1) is 0 Å². The number of carbonyl (C=O) groups excluding carboxylic acids is 1. The van der Waals surface area contributed by atoms with Crippen molar-refractivity contribution in [1.82, 2.24) is 0 Å². The highest BCUT2D eigenvalue weighted by molar-refractivity contribution is 5.75. The van der Waals surface area contributed by atoms with E-state index in [-0.39, 0.29) is 48.1 Å². The number of hydrogen-bond acceptors (Lipinski definition) is 12. The number of aliphatic hydroxyl groups is 4. The molecule has 290 valence electrons. The second-order valence-corrected chi connectivity index (χ2v) is 17.4. The summed E-state index contributed by atoms with van der Waals surface area (Å²) in [5, 5.41) is 42.3. The summed E-state index contributed by atoms with van der Waals surface area (Å²) in [4.78, 5) is 12.7. The van der Waals surface area contributed by atoms with E-state index < -0.39 is 73.8 Å². The first-order valence-electron chi connectivity index (χ1n) is 19.6. The summed E-state index contributed by atoms with van der Waals surface area (Å²) in [5.41, 5.74) is 1.68. The molecule has 0 amide bonds. The normalized spacial score (nSPS) is 53.0. The van der Waals surface area contributed by atoms with Gasteiger partial charge in [-0.3, -0.25) is 4.79 Å². The Labute approximate surface area is 302 Å². The molecular formula is C39H62O12. The molecule has 0 aromatic carbocycles. The zero-order valence-electron chi connectivity index (χ0n) is 31.2. The molecule has 7 aliphatic rings. The van der Waals surface area contributed by atoms with Crippen LogP contribution in [0.4, 0.5) is 0 Å². The Kier molecular flexibility index (Phi) is 11.1. The number of methoxy groups -OCH3 is 1. The van der Waals surface area contributed by atoms with Crippen molar-refractivity contribution >= 4 is 5.97 Å². The maximum absolute atomic E-state index is 12.7. The van der Waals surface area contributed by atoms with Crippen molar-refractivity contribution in [3.8, 4) is 0 Å². The molecule has 0 bridgehead atoms. The van der Waals surface area contributed by atoms with E-state index in [1.54, 1.807) is 13.8 Å². The van der Waals surface area contributed by atoms with Crippen LogP contribution in [0.15, 0.2) is 11.6 Å². The summed E-state index contributed by atoms with van der Waals surface area (Å²) in [6.45, 7) is 10.1. The van der Waals surface area contributed by atoms with E-state index >= 15 is 0 Å². The Balaban J connectivity index is 0.890. The van der Waals surface area contributed by atoms with Gasteiger partial charge in [-0.1, -0.05) is 25.5 Å². The standard InChI is InChI=1S/C39H62O12/c1-19-34(43)28(40)16-32(46-19)50-36-21(3)48-33(18-30(36)42)51-35-20(2)47-31(17-29(35)41)49-23-11-13-38(4)22(15-23)7-8-24-25-9-10-27(37(44)45-6)39(25,5)14-12-26(24)38/h9,19-24,26-36,40-43H,7-8,10-18H2,1-6H3/t19-,20-,21-,22-,23+,24+,26+,27-,28+,29+,30+,31-,32-,33-,34-,35-,36-,38+,39+/m1/s1. The van der Waals surface area contributed by atoms with Crippen LogP contribution in [0.1, 0.15) is 105 Å². The first-order valence-corrected chi connectivity index (χ1v) is 19.6. The Morgan fingerprint density at radius 3 is 1.92 bits per heavy atom. The molecule has 0 aromatic heterocycles. The third-order valence-corrected chi connectivity index (χ3v) is 14.4. The fourth-order valence-electron chi connectivity index (χ4n) is 11.5. The molecule has 6 fully saturated rings. The van der Waals surface area contributed by atoms with Crippen LogP contribution in [0, 0.1) is 34.5 Å². The van der Waals surface area contributed by atoms with Gasteiger partial charge in [-0.05, 0) is 95.3 Å². The zero-order valence-corrected chi connectivity index (χ0v) is 31.2. The first kappa shape index (κ1) is 38.1. The molecule has 4 N–H and O–H groups in total. The van der Waals surface area contributed by atoms with E-state index in [9.17, 15) is 25.2 Å². The summed E-state index contributed by atoms with van der Waals surface area (Å²) in [5.74, 6) is 1.61. The van der Waals surface area contributed by atoms with E-state index in [1.807, 2.05) is 6.92 Å². The van der Waals surface area contributed by atoms with Crippen LogP contribution in [0.25, 0.3) is 0 Å². The van der Waals surface area contributed by atoms with E-state index in [2.05, 4.69) is 19.9 Å². The van der Waals surface area contributed by atoms with Gasteiger partial charge in [0.25, 0.3) is 0 Å². The minimum absolute atomic E-state index is 0.0527. The molecule has 0 aromatic rings. The molecule has 7 rings (SSSR count). The fraction of sp³-hybridized carbons (Fsp3) is 0.923. The van der Waals surface area contributed by atoms with Crippen LogP contribution in [-0.2, 0) is 38.0 Å². The number of ether oxygens (including phenoxy) is 7. The molecule has 12 heteroatoms. The average molecular weight is 723 g/mol. The molecule has 51 heavy (non-hydrogen) atoms. The van der Waals surface area contributed by atoms with Gasteiger partial charge in [0.05, 0.1) is 55.8 Å². The summed E-state index contributed by atoms with van der Waals surface area (Å²) in [6.07, 6.45) is 2.53. The lowest BCUT2D eigenvalue weighted by atomic mass is 9.46. The highest BCUT2D eigenvalue weighted by atomic mass is 16.7. The lowest BCUT2D eigenvalue weighted by Gasteiger charge is -2.59. The highest BCUT2D eigenvalue weighted by Crippen LogP contribution is 2.66. The van der Waals surface area contributed by atoms with E-state index in [1.165, 1.54) is 12.7 Å². The second kappa shape index (κ2) is 14.8. The van der Waals surface area contributed by atoms with E-state index in [0.29, 0.717) is 17.8 Å². The monoisotopic (exact) mass is 722 g/mol. The first-order chi connectivity index (χ1) is 24.2. The van der Waals surface area contributed by atoms with Crippen LogP contribution in [-0.4, -0.2) is 113 Å². The summed E-state index contributed by atoms with van der Waals surface area (Å²) >= 11 is 0. The van der Waals surface area contributed by atoms with Crippen LogP contribution in [0.2, 0.25) is 0 Å². The Morgan fingerprint density at radius 2 is 1.33 bits per heavy atom.